The molecule has 1 saturated heterocycles. The van der Waals surface area contributed by atoms with E-state index in [1.807, 2.05) is 18.2 Å². The summed E-state index contributed by atoms with van der Waals surface area (Å²) in [5, 5.41) is 3.14. The predicted octanol–water partition coefficient (Wildman–Crippen LogP) is 3.34. The predicted molar refractivity (Wildman–Crippen MR) is 119 cm³/mol. The van der Waals surface area contributed by atoms with E-state index in [4.69, 9.17) is 11.6 Å². The molecule has 160 valence electrons. The minimum Gasteiger partial charge on any atom is -0.321 e. The fourth-order valence-electron chi connectivity index (χ4n) is 4.40. The van der Waals surface area contributed by atoms with E-state index in [1.54, 1.807) is 37.6 Å². The maximum absolute atomic E-state index is 13.6. The van der Waals surface area contributed by atoms with Gasteiger partial charge in [0.1, 0.15) is 0 Å². The number of hydrogen-bond acceptors (Lipinski definition) is 5. The molecule has 4 heterocycles. The number of benzene rings is 1. The standard InChI is InChI=1S/C23H18ClN5O3/c1-28-21(31)18-5-4-14(15-3-2-8-25-11-15)9-19(18)29-20(30)6-7-23(28,29)22(32)27-17-10-16(24)12-26-13-17/h2-5,8-13H,6-7H2,1H3,(H,27,32). The molecule has 3 aromatic rings. The number of aromatic nitrogens is 2. The summed E-state index contributed by atoms with van der Waals surface area (Å²) in [4.78, 5) is 50.8. The van der Waals surface area contributed by atoms with Crippen LogP contribution in [0.25, 0.3) is 11.1 Å². The van der Waals surface area contributed by atoms with Crippen LogP contribution in [0.1, 0.15) is 23.2 Å². The van der Waals surface area contributed by atoms with Crippen LogP contribution in [-0.4, -0.2) is 45.3 Å². The van der Waals surface area contributed by atoms with E-state index in [-0.39, 0.29) is 24.7 Å². The van der Waals surface area contributed by atoms with Crippen molar-refractivity contribution in [2.45, 2.75) is 18.5 Å². The molecule has 0 aliphatic carbocycles. The van der Waals surface area contributed by atoms with Gasteiger partial charge in [0.25, 0.3) is 11.8 Å². The molecule has 2 aliphatic rings. The third-order valence-corrected chi connectivity index (χ3v) is 6.16. The molecule has 32 heavy (non-hydrogen) atoms. The Hall–Kier alpha value is -3.78. The number of nitrogens with zero attached hydrogens (tertiary/aromatic N) is 4. The van der Waals surface area contributed by atoms with Crippen molar-refractivity contribution in [2.24, 2.45) is 0 Å². The number of fused-ring (bicyclic) bond motifs is 3. The van der Waals surface area contributed by atoms with E-state index in [9.17, 15) is 14.4 Å². The maximum atomic E-state index is 13.6. The third-order valence-electron chi connectivity index (χ3n) is 5.96. The third kappa shape index (κ3) is 2.95. The van der Waals surface area contributed by atoms with Crippen molar-refractivity contribution in [2.75, 3.05) is 17.3 Å². The number of anilines is 2. The Morgan fingerprint density at radius 3 is 2.69 bits per heavy atom. The Labute approximate surface area is 188 Å². The summed E-state index contributed by atoms with van der Waals surface area (Å²) in [6, 6.07) is 10.5. The highest BCUT2D eigenvalue weighted by Gasteiger charge is 2.59. The summed E-state index contributed by atoms with van der Waals surface area (Å²) >= 11 is 5.99. The average Bonchev–Trinajstić information content (AvgIpc) is 3.16. The van der Waals surface area contributed by atoms with Crippen LogP contribution in [0, 0.1) is 0 Å². The average molecular weight is 448 g/mol. The molecule has 1 N–H and O–H groups in total. The van der Waals surface area contributed by atoms with Crippen molar-refractivity contribution in [3.05, 3.63) is 71.8 Å². The van der Waals surface area contributed by atoms with E-state index >= 15 is 0 Å². The van der Waals surface area contributed by atoms with Crippen molar-refractivity contribution >= 4 is 40.7 Å². The zero-order valence-electron chi connectivity index (χ0n) is 17.1. The van der Waals surface area contributed by atoms with E-state index in [1.165, 1.54) is 22.2 Å². The van der Waals surface area contributed by atoms with Crippen LogP contribution in [0.2, 0.25) is 5.02 Å². The van der Waals surface area contributed by atoms with Crippen LogP contribution in [-0.2, 0) is 9.59 Å². The number of rotatable bonds is 3. The van der Waals surface area contributed by atoms with Crippen LogP contribution < -0.4 is 10.2 Å². The topological polar surface area (TPSA) is 95.5 Å². The van der Waals surface area contributed by atoms with Gasteiger partial charge in [0.2, 0.25) is 11.6 Å². The second-order valence-electron chi connectivity index (χ2n) is 7.73. The smallest absolute Gasteiger partial charge is 0.271 e. The number of hydrogen-bond donors (Lipinski definition) is 1. The zero-order valence-corrected chi connectivity index (χ0v) is 17.8. The maximum Gasteiger partial charge on any atom is 0.271 e. The lowest BCUT2D eigenvalue weighted by atomic mass is 9.94. The van der Waals surface area contributed by atoms with E-state index in [0.29, 0.717) is 22.0 Å². The van der Waals surface area contributed by atoms with Crippen LogP contribution in [0.5, 0.6) is 0 Å². The van der Waals surface area contributed by atoms with Crippen LogP contribution in [0.4, 0.5) is 11.4 Å². The normalized spacial score (nSPS) is 19.6. The molecule has 1 atom stereocenters. The van der Waals surface area contributed by atoms with Gasteiger partial charge in [0.15, 0.2) is 0 Å². The van der Waals surface area contributed by atoms with E-state index < -0.39 is 11.6 Å². The Balaban J connectivity index is 1.63. The number of nitrogens with one attached hydrogen (secondary N) is 1. The number of halogens is 1. The fraction of sp³-hybridized carbons (Fsp3) is 0.174. The molecule has 0 radical (unpaired) electrons. The lowest BCUT2D eigenvalue weighted by Gasteiger charge is -2.47. The highest BCUT2D eigenvalue weighted by molar-refractivity contribution is 6.30. The summed E-state index contributed by atoms with van der Waals surface area (Å²) in [5.74, 6) is -1.06. The molecular weight excluding hydrogens is 430 g/mol. The molecule has 0 saturated carbocycles. The molecule has 3 amide bonds. The molecule has 1 aromatic carbocycles. The summed E-state index contributed by atoms with van der Waals surface area (Å²) in [6.45, 7) is 0. The van der Waals surface area contributed by atoms with Crippen LogP contribution in [0.15, 0.2) is 61.2 Å². The minimum absolute atomic E-state index is 0.134. The minimum atomic E-state index is -1.49. The summed E-state index contributed by atoms with van der Waals surface area (Å²) in [6.07, 6.45) is 6.59. The molecule has 5 rings (SSSR count). The summed E-state index contributed by atoms with van der Waals surface area (Å²) in [5.41, 5.74) is 1.30. The largest absolute Gasteiger partial charge is 0.321 e. The highest BCUT2D eigenvalue weighted by atomic mass is 35.5. The SMILES string of the molecule is CN1C(=O)c2ccc(-c3cccnc3)cc2N2C(=O)CCC12C(=O)Nc1cncc(Cl)c1. The second-order valence-corrected chi connectivity index (χ2v) is 8.17. The molecule has 8 nitrogen and oxygen atoms in total. The molecule has 9 heteroatoms. The lowest BCUT2D eigenvalue weighted by Crippen LogP contribution is -2.68. The van der Waals surface area contributed by atoms with Crippen molar-refractivity contribution in [3.8, 4) is 11.1 Å². The van der Waals surface area contributed by atoms with Gasteiger partial charge in [-0.15, -0.1) is 0 Å². The molecule has 0 spiro atoms. The Kier molecular flexibility index (Phi) is 4.67. The van der Waals surface area contributed by atoms with Gasteiger partial charge < -0.3 is 10.2 Å². The molecule has 1 fully saturated rings. The van der Waals surface area contributed by atoms with Crippen molar-refractivity contribution in [1.82, 2.24) is 14.9 Å². The number of likely N-dealkylation sites (N-methyl/N-ethyl adjacent to an activating group) is 1. The molecule has 0 bridgehead atoms. The molecule has 2 aromatic heterocycles. The summed E-state index contributed by atoms with van der Waals surface area (Å²) in [7, 11) is 1.54. The first-order valence-corrected chi connectivity index (χ1v) is 10.4. The first-order valence-electron chi connectivity index (χ1n) is 9.99. The van der Waals surface area contributed by atoms with Gasteiger partial charge in [-0.1, -0.05) is 23.7 Å². The van der Waals surface area contributed by atoms with Gasteiger partial charge in [0, 0.05) is 44.0 Å². The fourth-order valence-corrected chi connectivity index (χ4v) is 4.57. The number of carbonyl (C=O) groups excluding carboxylic acids is 3. The van der Waals surface area contributed by atoms with E-state index in [0.717, 1.165) is 11.1 Å². The van der Waals surface area contributed by atoms with Crippen molar-refractivity contribution in [3.63, 3.8) is 0 Å². The first kappa shape index (κ1) is 20.1. The molecular formula is C23H18ClN5O3. The van der Waals surface area contributed by atoms with Gasteiger partial charge in [-0.25, -0.2) is 0 Å². The first-order chi connectivity index (χ1) is 15.4. The lowest BCUT2D eigenvalue weighted by molar-refractivity contribution is -0.128. The Morgan fingerprint density at radius 1 is 1.09 bits per heavy atom. The number of amides is 3. The molecule has 1 unspecified atom stereocenters. The Bertz CT molecular complexity index is 1270. The molecule has 2 aliphatic heterocycles. The Morgan fingerprint density at radius 2 is 1.94 bits per heavy atom. The number of carbonyl (C=O) groups is 3. The number of pyridine rings is 2. The van der Waals surface area contributed by atoms with Gasteiger partial charge in [-0.3, -0.25) is 29.3 Å². The van der Waals surface area contributed by atoms with Gasteiger partial charge in [-0.05, 0) is 29.8 Å². The van der Waals surface area contributed by atoms with Gasteiger partial charge in [-0.2, -0.15) is 0 Å². The zero-order chi connectivity index (χ0) is 22.5. The van der Waals surface area contributed by atoms with Gasteiger partial charge >= 0.3 is 0 Å². The second kappa shape index (κ2) is 7.42. The van der Waals surface area contributed by atoms with Gasteiger partial charge in [0.05, 0.1) is 28.2 Å². The summed E-state index contributed by atoms with van der Waals surface area (Å²) < 4.78 is 0. The van der Waals surface area contributed by atoms with Crippen LogP contribution in [0.3, 0.4) is 0 Å². The van der Waals surface area contributed by atoms with Crippen molar-refractivity contribution in [1.29, 1.82) is 0 Å². The van der Waals surface area contributed by atoms with Crippen molar-refractivity contribution < 1.29 is 14.4 Å². The van der Waals surface area contributed by atoms with E-state index in [2.05, 4.69) is 15.3 Å². The monoisotopic (exact) mass is 447 g/mol. The van der Waals surface area contributed by atoms with Crippen LogP contribution >= 0.6 is 11.6 Å². The highest BCUT2D eigenvalue weighted by Crippen LogP contribution is 2.45. The quantitative estimate of drug-likeness (QED) is 0.664.